The molecule has 1 atom stereocenters. The van der Waals surface area contributed by atoms with Gasteiger partial charge in [-0.15, -0.1) is 0 Å². The van der Waals surface area contributed by atoms with E-state index in [2.05, 4.69) is 31.1 Å². The Balaban J connectivity index is 2.21. The summed E-state index contributed by atoms with van der Waals surface area (Å²) in [4.78, 5) is 5.08. The standard InChI is InChI=1S/C12H15NO2/c1-8-3-4-10(5-9(8)2)12-6-11(7-14)15-13-12/h3-5,11,14H,6-7H2,1-2H3. The second-order valence-electron chi connectivity index (χ2n) is 3.95. The largest absolute Gasteiger partial charge is 0.392 e. The number of hydrogen-bond donors (Lipinski definition) is 1. The van der Waals surface area contributed by atoms with Crippen LogP contribution >= 0.6 is 0 Å². The summed E-state index contributed by atoms with van der Waals surface area (Å²) in [5.41, 5.74) is 4.55. The zero-order chi connectivity index (χ0) is 10.8. The van der Waals surface area contributed by atoms with Crippen molar-refractivity contribution in [1.82, 2.24) is 0 Å². The topological polar surface area (TPSA) is 41.8 Å². The SMILES string of the molecule is Cc1ccc(C2=NOC(CO)C2)cc1C. The predicted molar refractivity (Wildman–Crippen MR) is 59.0 cm³/mol. The summed E-state index contributed by atoms with van der Waals surface area (Å²) < 4.78 is 0. The van der Waals surface area contributed by atoms with Crippen molar-refractivity contribution in [2.45, 2.75) is 26.4 Å². The molecule has 3 nitrogen and oxygen atoms in total. The number of oxime groups is 1. The van der Waals surface area contributed by atoms with E-state index in [4.69, 9.17) is 9.94 Å². The van der Waals surface area contributed by atoms with Crippen LogP contribution in [0.1, 0.15) is 23.1 Å². The van der Waals surface area contributed by atoms with Crippen molar-refractivity contribution in [2.75, 3.05) is 6.61 Å². The Labute approximate surface area is 89.4 Å². The van der Waals surface area contributed by atoms with Gasteiger partial charge < -0.3 is 9.94 Å². The summed E-state index contributed by atoms with van der Waals surface area (Å²) in [5, 5.41) is 12.9. The molecule has 0 aromatic heterocycles. The van der Waals surface area contributed by atoms with Gasteiger partial charge in [-0.25, -0.2) is 0 Å². The van der Waals surface area contributed by atoms with Gasteiger partial charge in [-0.2, -0.15) is 0 Å². The van der Waals surface area contributed by atoms with E-state index in [0.717, 1.165) is 11.3 Å². The Kier molecular flexibility index (Phi) is 2.73. The Bertz CT molecular complexity index is 399. The van der Waals surface area contributed by atoms with Crippen molar-refractivity contribution < 1.29 is 9.94 Å². The first kappa shape index (κ1) is 10.2. The van der Waals surface area contributed by atoms with E-state index >= 15 is 0 Å². The lowest BCUT2D eigenvalue weighted by Crippen LogP contribution is -2.12. The van der Waals surface area contributed by atoms with Crippen molar-refractivity contribution in [1.29, 1.82) is 0 Å². The highest BCUT2D eigenvalue weighted by molar-refractivity contribution is 6.01. The van der Waals surface area contributed by atoms with Crippen LogP contribution in [0.15, 0.2) is 23.4 Å². The second-order valence-corrected chi connectivity index (χ2v) is 3.95. The Morgan fingerprint density at radius 3 is 2.80 bits per heavy atom. The quantitative estimate of drug-likeness (QED) is 0.799. The van der Waals surface area contributed by atoms with Crippen LogP contribution in [0.4, 0.5) is 0 Å². The summed E-state index contributed by atoms with van der Waals surface area (Å²) >= 11 is 0. The van der Waals surface area contributed by atoms with Crippen LogP contribution in [0, 0.1) is 13.8 Å². The number of aliphatic hydroxyl groups is 1. The summed E-state index contributed by atoms with van der Waals surface area (Å²) in [5.74, 6) is 0. The zero-order valence-electron chi connectivity index (χ0n) is 9.03. The second kappa shape index (κ2) is 4.03. The van der Waals surface area contributed by atoms with Gasteiger partial charge in [0.1, 0.15) is 0 Å². The lowest BCUT2D eigenvalue weighted by molar-refractivity contribution is 0.0390. The minimum Gasteiger partial charge on any atom is -0.392 e. The maximum Gasteiger partial charge on any atom is 0.156 e. The molecule has 0 amide bonds. The van der Waals surface area contributed by atoms with E-state index < -0.39 is 0 Å². The van der Waals surface area contributed by atoms with Crippen molar-refractivity contribution in [3.8, 4) is 0 Å². The first-order valence-corrected chi connectivity index (χ1v) is 5.12. The van der Waals surface area contributed by atoms with Gasteiger partial charge in [0.25, 0.3) is 0 Å². The molecule has 1 aromatic rings. The average molecular weight is 205 g/mol. The minimum absolute atomic E-state index is 0.0256. The smallest absolute Gasteiger partial charge is 0.156 e. The molecule has 0 radical (unpaired) electrons. The molecule has 80 valence electrons. The van der Waals surface area contributed by atoms with E-state index in [1.54, 1.807) is 0 Å². The molecule has 1 N–H and O–H groups in total. The summed E-state index contributed by atoms with van der Waals surface area (Å²) in [6.07, 6.45) is 0.528. The fourth-order valence-corrected chi connectivity index (χ4v) is 1.62. The van der Waals surface area contributed by atoms with Crippen molar-refractivity contribution in [3.63, 3.8) is 0 Å². The number of hydrogen-bond acceptors (Lipinski definition) is 3. The number of benzene rings is 1. The highest BCUT2D eigenvalue weighted by atomic mass is 16.6. The van der Waals surface area contributed by atoms with Gasteiger partial charge in [-0.3, -0.25) is 0 Å². The van der Waals surface area contributed by atoms with Crippen LogP contribution in [0.25, 0.3) is 0 Å². The van der Waals surface area contributed by atoms with Gasteiger partial charge >= 0.3 is 0 Å². The maximum atomic E-state index is 8.93. The van der Waals surface area contributed by atoms with Crippen molar-refractivity contribution in [3.05, 3.63) is 34.9 Å². The van der Waals surface area contributed by atoms with Crippen LogP contribution in [-0.4, -0.2) is 23.5 Å². The fraction of sp³-hybridized carbons (Fsp3) is 0.417. The Morgan fingerprint density at radius 2 is 2.20 bits per heavy atom. The number of nitrogens with zero attached hydrogens (tertiary/aromatic N) is 1. The van der Waals surface area contributed by atoms with Gasteiger partial charge in [0.15, 0.2) is 6.10 Å². The van der Waals surface area contributed by atoms with Crippen LogP contribution < -0.4 is 0 Å². The fourth-order valence-electron chi connectivity index (χ4n) is 1.62. The number of aryl methyl sites for hydroxylation is 2. The molecule has 0 spiro atoms. The van der Waals surface area contributed by atoms with Gasteiger partial charge in [0, 0.05) is 6.42 Å². The van der Waals surface area contributed by atoms with E-state index in [0.29, 0.717) is 6.42 Å². The predicted octanol–water partition coefficient (Wildman–Crippen LogP) is 1.79. The summed E-state index contributed by atoms with van der Waals surface area (Å²) in [6.45, 7) is 4.19. The third-order valence-electron chi connectivity index (χ3n) is 2.78. The van der Waals surface area contributed by atoms with Gasteiger partial charge in [-0.1, -0.05) is 17.3 Å². The lowest BCUT2D eigenvalue weighted by Gasteiger charge is -2.04. The molecule has 1 aliphatic heterocycles. The minimum atomic E-state index is -0.165. The molecule has 15 heavy (non-hydrogen) atoms. The molecule has 1 unspecified atom stereocenters. The molecule has 0 saturated carbocycles. The third-order valence-corrected chi connectivity index (χ3v) is 2.78. The molecule has 1 aromatic carbocycles. The summed E-state index contributed by atoms with van der Waals surface area (Å²) in [6, 6.07) is 6.24. The van der Waals surface area contributed by atoms with Gasteiger partial charge in [0.2, 0.25) is 0 Å². The monoisotopic (exact) mass is 205 g/mol. The molecule has 0 saturated heterocycles. The lowest BCUT2D eigenvalue weighted by atomic mass is 10.0. The molecule has 0 fully saturated rings. The maximum absolute atomic E-state index is 8.93. The van der Waals surface area contributed by atoms with E-state index in [1.165, 1.54) is 11.1 Å². The molecular formula is C12H15NO2. The average Bonchev–Trinajstić information content (AvgIpc) is 2.70. The molecule has 1 aliphatic rings. The number of rotatable bonds is 2. The van der Waals surface area contributed by atoms with Crippen LogP contribution in [0.5, 0.6) is 0 Å². The Hall–Kier alpha value is -1.35. The highest BCUT2D eigenvalue weighted by Crippen LogP contribution is 2.18. The first-order chi connectivity index (χ1) is 7.20. The highest BCUT2D eigenvalue weighted by Gasteiger charge is 2.21. The summed E-state index contributed by atoms with van der Waals surface area (Å²) in [7, 11) is 0. The zero-order valence-corrected chi connectivity index (χ0v) is 9.03. The van der Waals surface area contributed by atoms with Crippen LogP contribution in [0.3, 0.4) is 0 Å². The first-order valence-electron chi connectivity index (χ1n) is 5.12. The molecule has 2 rings (SSSR count). The van der Waals surface area contributed by atoms with E-state index in [-0.39, 0.29) is 12.7 Å². The van der Waals surface area contributed by atoms with Crippen LogP contribution in [0.2, 0.25) is 0 Å². The van der Waals surface area contributed by atoms with Gasteiger partial charge in [-0.05, 0) is 36.6 Å². The van der Waals surface area contributed by atoms with E-state index in [9.17, 15) is 0 Å². The molecular weight excluding hydrogens is 190 g/mol. The van der Waals surface area contributed by atoms with E-state index in [1.807, 2.05) is 6.07 Å². The third kappa shape index (κ3) is 2.02. The normalized spacial score (nSPS) is 19.9. The van der Waals surface area contributed by atoms with Gasteiger partial charge in [0.05, 0.1) is 12.3 Å². The van der Waals surface area contributed by atoms with Crippen LogP contribution in [-0.2, 0) is 4.84 Å². The van der Waals surface area contributed by atoms with Crippen molar-refractivity contribution >= 4 is 5.71 Å². The molecule has 1 heterocycles. The molecule has 0 bridgehead atoms. The number of aliphatic hydroxyl groups excluding tert-OH is 1. The molecule has 0 aliphatic carbocycles. The Morgan fingerprint density at radius 1 is 1.40 bits per heavy atom. The van der Waals surface area contributed by atoms with Crippen molar-refractivity contribution in [2.24, 2.45) is 5.16 Å². The molecule has 3 heteroatoms.